The first kappa shape index (κ1) is 23.8. The topological polar surface area (TPSA) is 85.6 Å². The number of amides is 1. The van der Waals surface area contributed by atoms with Gasteiger partial charge in [-0.2, -0.15) is 0 Å². The predicted octanol–water partition coefficient (Wildman–Crippen LogP) is 2.54. The molecule has 0 radical (unpaired) electrons. The first-order chi connectivity index (χ1) is 16.5. The zero-order chi connectivity index (χ0) is 24.1. The van der Waals surface area contributed by atoms with Crippen molar-refractivity contribution < 1.29 is 9.53 Å². The minimum absolute atomic E-state index is 0.0354. The molecule has 34 heavy (non-hydrogen) atoms. The number of para-hydroxylation sites is 1. The van der Waals surface area contributed by atoms with Crippen molar-refractivity contribution in [1.29, 1.82) is 0 Å². The Hall–Kier alpha value is -3.39. The second-order valence-corrected chi connectivity index (χ2v) is 8.62. The molecule has 1 atom stereocenters. The quantitative estimate of drug-likeness (QED) is 0.554. The Labute approximate surface area is 198 Å². The molecular weight excluding hydrogens is 432 g/mol. The number of carbonyl (C=O) groups excluding carboxylic acids is 1. The van der Waals surface area contributed by atoms with Gasteiger partial charge in [0.2, 0.25) is 5.91 Å². The zero-order valence-corrected chi connectivity index (χ0v) is 19.8. The summed E-state index contributed by atoms with van der Waals surface area (Å²) >= 11 is 0. The number of carbonyl (C=O) groups is 1. The van der Waals surface area contributed by atoms with Crippen molar-refractivity contribution in [3.05, 3.63) is 74.9 Å². The van der Waals surface area contributed by atoms with Crippen LogP contribution in [0.1, 0.15) is 37.8 Å². The molecule has 0 bridgehead atoms. The number of piperidine rings is 1. The van der Waals surface area contributed by atoms with Crippen LogP contribution >= 0.6 is 0 Å². The van der Waals surface area contributed by atoms with Gasteiger partial charge in [-0.15, -0.1) is 0 Å². The van der Waals surface area contributed by atoms with E-state index >= 15 is 0 Å². The Morgan fingerprint density at radius 1 is 1.00 bits per heavy atom. The van der Waals surface area contributed by atoms with E-state index in [2.05, 4.69) is 10.2 Å². The lowest BCUT2D eigenvalue weighted by Crippen LogP contribution is -2.44. The number of fused-ring (bicyclic) bond motifs is 1. The number of likely N-dealkylation sites (tertiary alicyclic amines) is 1. The van der Waals surface area contributed by atoms with Crippen molar-refractivity contribution in [2.45, 2.75) is 45.3 Å². The number of hydrogen-bond acceptors (Lipinski definition) is 5. The maximum atomic E-state index is 13.0. The average molecular weight is 465 g/mol. The third kappa shape index (κ3) is 4.92. The Morgan fingerprint density at radius 2 is 1.71 bits per heavy atom. The van der Waals surface area contributed by atoms with E-state index in [1.54, 1.807) is 38.3 Å². The van der Waals surface area contributed by atoms with Gasteiger partial charge in [-0.3, -0.25) is 23.6 Å². The molecule has 4 rings (SSSR count). The van der Waals surface area contributed by atoms with Crippen LogP contribution in [0.2, 0.25) is 0 Å². The summed E-state index contributed by atoms with van der Waals surface area (Å²) in [7, 11) is 1.64. The number of hydrogen-bond donors (Lipinski definition) is 1. The normalized spacial score (nSPS) is 15.2. The molecule has 180 valence electrons. The highest BCUT2D eigenvalue weighted by Crippen LogP contribution is 2.26. The van der Waals surface area contributed by atoms with Gasteiger partial charge in [-0.05, 0) is 62.7 Å². The fraction of sp³-hybridized carbons (Fsp3) is 0.423. The van der Waals surface area contributed by atoms with Crippen LogP contribution in [-0.2, 0) is 17.9 Å². The molecule has 8 heteroatoms. The fourth-order valence-electron chi connectivity index (χ4n) is 4.73. The van der Waals surface area contributed by atoms with Crippen LogP contribution in [0, 0.1) is 0 Å². The van der Waals surface area contributed by atoms with Crippen LogP contribution in [-0.4, -0.2) is 46.7 Å². The third-order valence-corrected chi connectivity index (χ3v) is 6.57. The summed E-state index contributed by atoms with van der Waals surface area (Å²) in [5.74, 6) is 0.534. The zero-order valence-electron chi connectivity index (χ0n) is 19.8. The Balaban J connectivity index is 1.56. The molecule has 8 nitrogen and oxygen atoms in total. The average Bonchev–Trinajstić information content (AvgIpc) is 2.88. The van der Waals surface area contributed by atoms with Gasteiger partial charge in [0, 0.05) is 13.1 Å². The highest BCUT2D eigenvalue weighted by atomic mass is 16.5. The summed E-state index contributed by atoms with van der Waals surface area (Å²) in [6.45, 7) is 4.26. The van der Waals surface area contributed by atoms with Crippen molar-refractivity contribution in [1.82, 2.24) is 19.4 Å². The molecule has 0 spiro atoms. The largest absolute Gasteiger partial charge is 0.497 e. The molecule has 0 saturated carbocycles. The number of nitrogens with one attached hydrogen (secondary N) is 1. The summed E-state index contributed by atoms with van der Waals surface area (Å²) in [5, 5.41) is 3.47. The van der Waals surface area contributed by atoms with Crippen molar-refractivity contribution in [3.63, 3.8) is 0 Å². The molecule has 1 saturated heterocycles. The monoisotopic (exact) mass is 464 g/mol. The van der Waals surface area contributed by atoms with Gasteiger partial charge in [0.05, 0.1) is 24.1 Å². The van der Waals surface area contributed by atoms with E-state index < -0.39 is 5.69 Å². The fourth-order valence-corrected chi connectivity index (χ4v) is 4.73. The highest BCUT2D eigenvalue weighted by Gasteiger charge is 2.23. The number of ether oxygens (including phenoxy) is 1. The van der Waals surface area contributed by atoms with Gasteiger partial charge >= 0.3 is 5.69 Å². The molecule has 0 aliphatic carbocycles. The van der Waals surface area contributed by atoms with Crippen LogP contribution in [0.25, 0.3) is 10.9 Å². The number of benzene rings is 2. The number of rotatable bonds is 8. The van der Waals surface area contributed by atoms with E-state index in [4.69, 9.17) is 4.74 Å². The van der Waals surface area contributed by atoms with E-state index in [9.17, 15) is 14.4 Å². The molecule has 1 aliphatic rings. The van der Waals surface area contributed by atoms with Gasteiger partial charge in [-0.25, -0.2) is 4.79 Å². The van der Waals surface area contributed by atoms with E-state index in [0.717, 1.165) is 37.2 Å². The molecule has 1 aliphatic heterocycles. The molecule has 1 amide bonds. The third-order valence-electron chi connectivity index (χ3n) is 6.57. The maximum Gasteiger partial charge on any atom is 0.331 e. The molecule has 1 unspecified atom stereocenters. The minimum Gasteiger partial charge on any atom is -0.497 e. The number of methoxy groups -OCH3 is 1. The van der Waals surface area contributed by atoms with E-state index in [1.165, 1.54) is 15.6 Å². The molecule has 1 N–H and O–H groups in total. The smallest absolute Gasteiger partial charge is 0.331 e. The first-order valence-corrected chi connectivity index (χ1v) is 11.9. The van der Waals surface area contributed by atoms with Crippen LogP contribution in [0.15, 0.2) is 58.1 Å². The Bertz CT molecular complexity index is 1260. The summed E-state index contributed by atoms with van der Waals surface area (Å²) in [6, 6.07) is 14.9. The van der Waals surface area contributed by atoms with E-state index in [1.807, 2.05) is 24.3 Å². The molecule has 3 aromatic rings. The Kier molecular flexibility index (Phi) is 7.47. The van der Waals surface area contributed by atoms with Crippen molar-refractivity contribution in [2.24, 2.45) is 0 Å². The lowest BCUT2D eigenvalue weighted by atomic mass is 10.0. The lowest BCUT2D eigenvalue weighted by molar-refractivity contribution is -0.122. The molecule has 2 heterocycles. The first-order valence-electron chi connectivity index (χ1n) is 11.9. The summed E-state index contributed by atoms with van der Waals surface area (Å²) in [4.78, 5) is 41.0. The van der Waals surface area contributed by atoms with Crippen LogP contribution in [0.3, 0.4) is 0 Å². The molecule has 1 aromatic heterocycles. The maximum absolute atomic E-state index is 13.0. The van der Waals surface area contributed by atoms with Crippen molar-refractivity contribution >= 4 is 16.8 Å². The predicted molar refractivity (Wildman–Crippen MR) is 132 cm³/mol. The van der Waals surface area contributed by atoms with Gasteiger partial charge < -0.3 is 10.1 Å². The number of nitrogens with zero attached hydrogens (tertiary/aromatic N) is 3. The molecule has 1 fully saturated rings. The van der Waals surface area contributed by atoms with E-state index in [0.29, 0.717) is 17.4 Å². The van der Waals surface area contributed by atoms with E-state index in [-0.39, 0.29) is 30.6 Å². The van der Waals surface area contributed by atoms with Crippen molar-refractivity contribution in [2.75, 3.05) is 26.7 Å². The second kappa shape index (κ2) is 10.7. The van der Waals surface area contributed by atoms with Gasteiger partial charge in [0.15, 0.2) is 0 Å². The van der Waals surface area contributed by atoms with Gasteiger partial charge in [-0.1, -0.05) is 30.7 Å². The Morgan fingerprint density at radius 3 is 2.38 bits per heavy atom. The SMILES string of the molecule is CCn1c(=O)c2ccccc2n(CC(=O)NCC(c2ccc(OC)cc2)N2CCCCC2)c1=O. The van der Waals surface area contributed by atoms with Crippen LogP contribution < -0.4 is 21.3 Å². The van der Waals surface area contributed by atoms with Gasteiger partial charge in [0.25, 0.3) is 5.56 Å². The van der Waals surface area contributed by atoms with Crippen LogP contribution in [0.4, 0.5) is 0 Å². The lowest BCUT2D eigenvalue weighted by Gasteiger charge is -2.35. The van der Waals surface area contributed by atoms with Crippen molar-refractivity contribution in [3.8, 4) is 5.75 Å². The molecule has 2 aromatic carbocycles. The second-order valence-electron chi connectivity index (χ2n) is 8.62. The standard InChI is InChI=1S/C26H32N4O4/c1-3-29-25(32)21-9-5-6-10-22(21)30(26(29)33)18-24(31)27-17-23(28-15-7-4-8-16-28)19-11-13-20(34-2)14-12-19/h5-6,9-14,23H,3-4,7-8,15-18H2,1-2H3,(H,27,31). The summed E-state index contributed by atoms with van der Waals surface area (Å²) in [5.41, 5.74) is 0.791. The minimum atomic E-state index is -0.468. The highest BCUT2D eigenvalue weighted by molar-refractivity contribution is 5.81. The summed E-state index contributed by atoms with van der Waals surface area (Å²) in [6.07, 6.45) is 3.50. The summed E-state index contributed by atoms with van der Waals surface area (Å²) < 4.78 is 7.85. The van der Waals surface area contributed by atoms with Crippen LogP contribution in [0.5, 0.6) is 5.75 Å². The number of aromatic nitrogens is 2. The molecular formula is C26H32N4O4. The van der Waals surface area contributed by atoms with Gasteiger partial charge in [0.1, 0.15) is 12.3 Å².